The van der Waals surface area contributed by atoms with Gasteiger partial charge in [0.1, 0.15) is 0 Å². The summed E-state index contributed by atoms with van der Waals surface area (Å²) in [7, 11) is 0. The Balaban J connectivity index is 1.78. The fourth-order valence-corrected chi connectivity index (χ4v) is 3.44. The van der Waals surface area contributed by atoms with Crippen LogP contribution in [0.2, 0.25) is 5.02 Å². The first-order valence-corrected chi connectivity index (χ1v) is 8.14. The molecule has 1 aliphatic carbocycles. The molecule has 0 amide bonds. The molecule has 0 bridgehead atoms. The maximum absolute atomic E-state index is 6.15. The van der Waals surface area contributed by atoms with Gasteiger partial charge in [-0.05, 0) is 60.5 Å². The molecular weight excluding hydrogens is 278 g/mol. The number of halogens is 1. The van der Waals surface area contributed by atoms with Gasteiger partial charge >= 0.3 is 0 Å². The fourth-order valence-electron chi connectivity index (χ4n) is 3.33. The molecule has 0 spiro atoms. The Hall–Kier alpha value is -1.31. The predicted molar refractivity (Wildman–Crippen MR) is 90.1 cm³/mol. The van der Waals surface area contributed by atoms with Gasteiger partial charge in [-0.1, -0.05) is 54.9 Å². The summed E-state index contributed by atoms with van der Waals surface area (Å²) in [6, 6.07) is 15.6. The van der Waals surface area contributed by atoms with Gasteiger partial charge in [0, 0.05) is 11.1 Å². The van der Waals surface area contributed by atoms with E-state index in [1.807, 2.05) is 6.07 Å². The summed E-state index contributed by atoms with van der Waals surface area (Å²) in [6.45, 7) is 5.23. The third-order valence-electron chi connectivity index (χ3n) is 4.52. The summed E-state index contributed by atoms with van der Waals surface area (Å²) in [5.74, 6) is 0.682. The second kappa shape index (κ2) is 6.21. The standard InChI is InChI=1S/C19H22ClN/c1-3-21-19(15-8-9-18(20)13(2)10-15)12-16-11-14-6-4-5-7-17(14)16/h4-10,16,19,21H,3,11-12H2,1-2H3. The van der Waals surface area contributed by atoms with Gasteiger partial charge in [-0.2, -0.15) is 0 Å². The zero-order valence-electron chi connectivity index (χ0n) is 12.7. The molecule has 2 heteroatoms. The lowest BCUT2D eigenvalue weighted by molar-refractivity contribution is 0.436. The van der Waals surface area contributed by atoms with Crippen molar-refractivity contribution >= 4 is 11.6 Å². The molecule has 2 atom stereocenters. The van der Waals surface area contributed by atoms with Crippen molar-refractivity contribution in [3.8, 4) is 0 Å². The molecule has 2 aromatic rings. The Labute approximate surface area is 132 Å². The molecule has 110 valence electrons. The van der Waals surface area contributed by atoms with Gasteiger partial charge < -0.3 is 5.32 Å². The molecule has 0 heterocycles. The monoisotopic (exact) mass is 299 g/mol. The van der Waals surface area contributed by atoms with E-state index in [0.717, 1.165) is 23.6 Å². The van der Waals surface area contributed by atoms with Crippen LogP contribution in [-0.2, 0) is 6.42 Å². The molecular formula is C19H22ClN. The number of fused-ring (bicyclic) bond motifs is 1. The van der Waals surface area contributed by atoms with Crippen LogP contribution in [0, 0.1) is 6.92 Å². The lowest BCUT2D eigenvalue weighted by atomic mass is 9.73. The smallest absolute Gasteiger partial charge is 0.0435 e. The van der Waals surface area contributed by atoms with Crippen LogP contribution in [0.3, 0.4) is 0 Å². The lowest BCUT2D eigenvalue weighted by Crippen LogP contribution is -2.27. The van der Waals surface area contributed by atoms with E-state index in [-0.39, 0.29) is 0 Å². The van der Waals surface area contributed by atoms with Crippen LogP contribution in [-0.4, -0.2) is 6.54 Å². The highest BCUT2D eigenvalue weighted by molar-refractivity contribution is 6.31. The Morgan fingerprint density at radius 1 is 1.24 bits per heavy atom. The molecule has 2 unspecified atom stereocenters. The predicted octanol–water partition coefficient (Wildman–Crippen LogP) is 5.03. The minimum absolute atomic E-state index is 0.407. The van der Waals surface area contributed by atoms with Crippen LogP contribution in [0.15, 0.2) is 42.5 Å². The highest BCUT2D eigenvalue weighted by Crippen LogP contribution is 2.40. The van der Waals surface area contributed by atoms with Crippen molar-refractivity contribution in [2.24, 2.45) is 0 Å². The van der Waals surface area contributed by atoms with Crippen molar-refractivity contribution < 1.29 is 0 Å². The fraction of sp³-hybridized carbons (Fsp3) is 0.368. The molecule has 0 fully saturated rings. The topological polar surface area (TPSA) is 12.0 Å². The van der Waals surface area contributed by atoms with Crippen molar-refractivity contribution in [3.05, 3.63) is 69.7 Å². The van der Waals surface area contributed by atoms with E-state index in [2.05, 4.69) is 55.6 Å². The third kappa shape index (κ3) is 3.00. The highest BCUT2D eigenvalue weighted by atomic mass is 35.5. The molecule has 0 radical (unpaired) electrons. The summed E-state index contributed by atoms with van der Waals surface area (Å²) in [5, 5.41) is 4.48. The van der Waals surface area contributed by atoms with Gasteiger partial charge in [-0.3, -0.25) is 0 Å². The van der Waals surface area contributed by atoms with E-state index in [1.54, 1.807) is 0 Å². The molecule has 1 nitrogen and oxygen atoms in total. The van der Waals surface area contributed by atoms with E-state index in [9.17, 15) is 0 Å². The Morgan fingerprint density at radius 2 is 2.05 bits per heavy atom. The van der Waals surface area contributed by atoms with E-state index >= 15 is 0 Å². The third-order valence-corrected chi connectivity index (χ3v) is 4.94. The Bertz CT molecular complexity index is 635. The zero-order chi connectivity index (χ0) is 14.8. The average Bonchev–Trinajstić information content (AvgIpc) is 2.46. The number of hydrogen-bond donors (Lipinski definition) is 1. The molecule has 21 heavy (non-hydrogen) atoms. The van der Waals surface area contributed by atoms with Gasteiger partial charge in [0.25, 0.3) is 0 Å². The van der Waals surface area contributed by atoms with Crippen molar-refractivity contribution in [1.29, 1.82) is 0 Å². The molecule has 0 saturated carbocycles. The van der Waals surface area contributed by atoms with Gasteiger partial charge in [0.2, 0.25) is 0 Å². The van der Waals surface area contributed by atoms with Gasteiger partial charge in [-0.25, -0.2) is 0 Å². The Morgan fingerprint density at radius 3 is 2.76 bits per heavy atom. The largest absolute Gasteiger partial charge is 0.310 e. The Kier molecular flexibility index (Phi) is 4.32. The van der Waals surface area contributed by atoms with Crippen LogP contribution in [0.1, 0.15) is 47.6 Å². The number of hydrogen-bond acceptors (Lipinski definition) is 1. The van der Waals surface area contributed by atoms with Gasteiger partial charge in [0.05, 0.1) is 0 Å². The molecule has 0 aromatic heterocycles. The summed E-state index contributed by atoms with van der Waals surface area (Å²) in [6.07, 6.45) is 2.37. The molecule has 0 aliphatic heterocycles. The number of benzene rings is 2. The van der Waals surface area contributed by atoms with Crippen molar-refractivity contribution in [2.45, 2.75) is 38.6 Å². The van der Waals surface area contributed by atoms with Crippen LogP contribution >= 0.6 is 11.6 Å². The van der Waals surface area contributed by atoms with Crippen LogP contribution in [0.5, 0.6) is 0 Å². The first-order valence-electron chi connectivity index (χ1n) is 7.76. The summed E-state index contributed by atoms with van der Waals surface area (Å²) >= 11 is 6.15. The SMILES string of the molecule is CCNC(CC1Cc2ccccc21)c1ccc(Cl)c(C)c1. The van der Waals surface area contributed by atoms with Gasteiger partial charge in [-0.15, -0.1) is 0 Å². The summed E-state index contributed by atoms with van der Waals surface area (Å²) in [5.41, 5.74) is 5.56. The number of aryl methyl sites for hydroxylation is 1. The number of rotatable bonds is 5. The van der Waals surface area contributed by atoms with Crippen LogP contribution < -0.4 is 5.32 Å². The molecule has 1 aliphatic rings. The van der Waals surface area contributed by atoms with E-state index in [4.69, 9.17) is 11.6 Å². The minimum Gasteiger partial charge on any atom is -0.310 e. The van der Waals surface area contributed by atoms with Gasteiger partial charge in [0.15, 0.2) is 0 Å². The highest BCUT2D eigenvalue weighted by Gasteiger charge is 2.28. The van der Waals surface area contributed by atoms with Crippen molar-refractivity contribution in [3.63, 3.8) is 0 Å². The first-order chi connectivity index (χ1) is 10.2. The normalized spacial score (nSPS) is 18.0. The van der Waals surface area contributed by atoms with Crippen LogP contribution in [0.25, 0.3) is 0 Å². The molecule has 1 N–H and O–H groups in total. The van der Waals surface area contributed by atoms with E-state index in [0.29, 0.717) is 12.0 Å². The second-order valence-corrected chi connectivity index (χ2v) is 6.36. The average molecular weight is 300 g/mol. The maximum atomic E-state index is 6.15. The van der Waals surface area contributed by atoms with E-state index in [1.165, 1.54) is 23.1 Å². The number of nitrogens with one attached hydrogen (secondary N) is 1. The van der Waals surface area contributed by atoms with Crippen molar-refractivity contribution in [2.75, 3.05) is 6.54 Å². The zero-order valence-corrected chi connectivity index (χ0v) is 13.5. The minimum atomic E-state index is 0.407. The second-order valence-electron chi connectivity index (χ2n) is 5.95. The first kappa shape index (κ1) is 14.6. The van der Waals surface area contributed by atoms with Crippen LogP contribution in [0.4, 0.5) is 0 Å². The molecule has 0 saturated heterocycles. The lowest BCUT2D eigenvalue weighted by Gasteiger charge is -2.33. The molecule has 3 rings (SSSR count). The maximum Gasteiger partial charge on any atom is 0.0435 e. The summed E-state index contributed by atoms with van der Waals surface area (Å²) in [4.78, 5) is 0. The quantitative estimate of drug-likeness (QED) is 0.816. The van der Waals surface area contributed by atoms with E-state index < -0.39 is 0 Å². The molecule has 2 aromatic carbocycles. The van der Waals surface area contributed by atoms with Crippen molar-refractivity contribution in [1.82, 2.24) is 5.32 Å². The summed E-state index contributed by atoms with van der Waals surface area (Å²) < 4.78 is 0.